The molecular formula is C12H13N2O2+. The largest absolute Gasteiger partial charge is 0.454 e. The summed E-state index contributed by atoms with van der Waals surface area (Å²) < 4.78 is 11.3. The van der Waals surface area contributed by atoms with Crippen LogP contribution < -0.4 is 14.0 Å². The van der Waals surface area contributed by atoms with E-state index in [9.17, 15) is 0 Å². The second-order valence-corrected chi connectivity index (χ2v) is 3.85. The Morgan fingerprint density at radius 1 is 1.31 bits per heavy atom. The maximum absolute atomic E-state index is 5.39. The Hall–Kier alpha value is -1.81. The van der Waals surface area contributed by atoms with Crippen molar-refractivity contribution >= 4 is 12.0 Å². The van der Waals surface area contributed by atoms with E-state index in [-0.39, 0.29) is 0 Å². The van der Waals surface area contributed by atoms with Gasteiger partial charge in [-0.05, 0) is 13.0 Å². The van der Waals surface area contributed by atoms with Crippen LogP contribution in [-0.4, -0.2) is 19.7 Å². The van der Waals surface area contributed by atoms with Gasteiger partial charge in [0.05, 0.1) is 12.7 Å². The molecule has 82 valence electrons. The van der Waals surface area contributed by atoms with E-state index in [1.807, 2.05) is 24.7 Å². The number of ether oxygens (including phenoxy) is 2. The normalized spacial score (nSPS) is 25.3. The Bertz CT molecular complexity index is 468. The van der Waals surface area contributed by atoms with Gasteiger partial charge in [0.15, 0.2) is 17.8 Å². The topological polar surface area (TPSA) is 30.8 Å². The summed E-state index contributed by atoms with van der Waals surface area (Å²) in [7, 11) is 0. The molecule has 0 amide bonds. The molecule has 0 fully saturated rings. The maximum atomic E-state index is 5.39. The van der Waals surface area contributed by atoms with Gasteiger partial charge in [-0.25, -0.2) is 9.48 Å². The quantitative estimate of drug-likeness (QED) is 0.711. The molecule has 0 saturated carbocycles. The minimum Gasteiger partial charge on any atom is -0.454 e. The van der Waals surface area contributed by atoms with Crippen molar-refractivity contribution in [1.82, 2.24) is 4.48 Å². The van der Waals surface area contributed by atoms with Crippen molar-refractivity contribution in [2.75, 3.05) is 13.3 Å². The minimum absolute atomic E-state index is 0.314. The Morgan fingerprint density at radius 2 is 2.19 bits per heavy atom. The van der Waals surface area contributed by atoms with Crippen LogP contribution >= 0.6 is 0 Å². The molecule has 1 aromatic carbocycles. The van der Waals surface area contributed by atoms with Crippen LogP contribution in [0.3, 0.4) is 0 Å². The molecule has 4 nitrogen and oxygen atoms in total. The number of nitrogens with zero attached hydrogens (tertiary/aromatic N) is 2. The smallest absolute Gasteiger partial charge is 0.231 e. The van der Waals surface area contributed by atoms with Gasteiger partial charge in [0.2, 0.25) is 6.79 Å². The van der Waals surface area contributed by atoms with E-state index in [1.54, 1.807) is 0 Å². The van der Waals surface area contributed by atoms with E-state index in [0.717, 1.165) is 23.7 Å². The molecule has 16 heavy (non-hydrogen) atoms. The number of quaternary nitrogens is 1. The fourth-order valence-corrected chi connectivity index (χ4v) is 2.02. The van der Waals surface area contributed by atoms with Crippen LogP contribution in [0.15, 0.2) is 35.6 Å². The van der Waals surface area contributed by atoms with Crippen LogP contribution in [0.4, 0.5) is 5.69 Å². The lowest BCUT2D eigenvalue weighted by molar-refractivity contribution is 0.174. The van der Waals surface area contributed by atoms with E-state index < -0.39 is 0 Å². The first-order valence-electron chi connectivity index (χ1n) is 5.34. The number of rotatable bonds is 2. The van der Waals surface area contributed by atoms with Gasteiger partial charge >= 0.3 is 0 Å². The standard InChI is InChI=1S/C12H13N2O2/c1-2-14(6-5-13-8-14)10-3-4-11-12(7-10)16-9-15-11/h3-8H,2,9H2,1H3/q+1. The van der Waals surface area contributed by atoms with E-state index >= 15 is 0 Å². The van der Waals surface area contributed by atoms with Gasteiger partial charge in [0, 0.05) is 12.1 Å². The van der Waals surface area contributed by atoms with Crippen molar-refractivity contribution in [2.45, 2.75) is 6.92 Å². The molecule has 0 bridgehead atoms. The third-order valence-electron chi connectivity index (χ3n) is 3.05. The summed E-state index contributed by atoms with van der Waals surface area (Å²) >= 11 is 0. The molecule has 2 aliphatic rings. The number of fused-ring (bicyclic) bond motifs is 1. The van der Waals surface area contributed by atoms with E-state index in [1.165, 1.54) is 0 Å². The monoisotopic (exact) mass is 217 g/mol. The molecule has 0 radical (unpaired) electrons. The van der Waals surface area contributed by atoms with Crippen molar-refractivity contribution in [3.05, 3.63) is 30.6 Å². The fourth-order valence-electron chi connectivity index (χ4n) is 2.02. The predicted octanol–water partition coefficient (Wildman–Crippen LogP) is 2.26. The van der Waals surface area contributed by atoms with E-state index in [4.69, 9.17) is 9.47 Å². The first-order valence-corrected chi connectivity index (χ1v) is 5.34. The molecular weight excluding hydrogens is 204 g/mol. The summed E-state index contributed by atoms with van der Waals surface area (Å²) in [6.45, 7) is 3.38. The van der Waals surface area contributed by atoms with Crippen LogP contribution in [0.2, 0.25) is 0 Å². The predicted molar refractivity (Wildman–Crippen MR) is 62.5 cm³/mol. The van der Waals surface area contributed by atoms with Crippen LogP contribution in [0, 0.1) is 0 Å². The Morgan fingerprint density at radius 3 is 2.94 bits per heavy atom. The molecule has 1 aromatic rings. The van der Waals surface area contributed by atoms with Gasteiger partial charge in [-0.3, -0.25) is 0 Å². The van der Waals surface area contributed by atoms with Crippen LogP contribution in [0.5, 0.6) is 11.5 Å². The van der Waals surface area contributed by atoms with Crippen molar-refractivity contribution < 1.29 is 9.47 Å². The lowest BCUT2D eigenvalue weighted by atomic mass is 10.2. The van der Waals surface area contributed by atoms with Crippen LogP contribution in [0.25, 0.3) is 0 Å². The second-order valence-electron chi connectivity index (χ2n) is 3.85. The van der Waals surface area contributed by atoms with Gasteiger partial charge in [-0.1, -0.05) is 0 Å². The summed E-state index contributed by atoms with van der Waals surface area (Å²) in [5.41, 5.74) is 1.14. The Labute approximate surface area is 94.0 Å². The summed E-state index contributed by atoms with van der Waals surface area (Å²) in [4.78, 5) is 4.17. The van der Waals surface area contributed by atoms with Crippen LogP contribution in [0.1, 0.15) is 6.92 Å². The van der Waals surface area contributed by atoms with Crippen molar-refractivity contribution in [2.24, 2.45) is 4.99 Å². The van der Waals surface area contributed by atoms with E-state index in [2.05, 4.69) is 24.2 Å². The van der Waals surface area contributed by atoms with Gasteiger partial charge in [-0.2, -0.15) is 0 Å². The van der Waals surface area contributed by atoms with Crippen molar-refractivity contribution in [3.63, 3.8) is 0 Å². The van der Waals surface area contributed by atoms with Crippen molar-refractivity contribution in [1.29, 1.82) is 0 Å². The van der Waals surface area contributed by atoms with Gasteiger partial charge in [0.25, 0.3) is 0 Å². The summed E-state index contributed by atoms with van der Waals surface area (Å²) in [5.74, 6) is 1.63. The van der Waals surface area contributed by atoms with Gasteiger partial charge in [0.1, 0.15) is 11.9 Å². The number of hydrogen-bond acceptors (Lipinski definition) is 3. The number of aliphatic imine (C=N–C) groups is 1. The van der Waals surface area contributed by atoms with E-state index in [0.29, 0.717) is 11.3 Å². The first-order chi connectivity index (χ1) is 7.84. The highest BCUT2D eigenvalue weighted by atomic mass is 16.7. The molecule has 2 heterocycles. The molecule has 0 spiro atoms. The molecule has 1 unspecified atom stereocenters. The second kappa shape index (κ2) is 3.35. The maximum Gasteiger partial charge on any atom is 0.231 e. The highest BCUT2D eigenvalue weighted by molar-refractivity contribution is 5.79. The zero-order valence-corrected chi connectivity index (χ0v) is 9.09. The highest BCUT2D eigenvalue weighted by Crippen LogP contribution is 2.37. The number of hydrogen-bond donors (Lipinski definition) is 0. The van der Waals surface area contributed by atoms with Gasteiger partial charge in [-0.15, -0.1) is 0 Å². The summed E-state index contributed by atoms with van der Waals surface area (Å²) in [6.07, 6.45) is 5.82. The highest BCUT2D eigenvalue weighted by Gasteiger charge is 2.29. The summed E-state index contributed by atoms with van der Waals surface area (Å²) in [5, 5.41) is 0. The Kier molecular flexibility index (Phi) is 1.97. The molecule has 1 atom stereocenters. The molecule has 0 N–H and O–H groups in total. The zero-order valence-electron chi connectivity index (χ0n) is 9.09. The lowest BCUT2D eigenvalue weighted by Crippen LogP contribution is -2.40. The third-order valence-corrected chi connectivity index (χ3v) is 3.05. The van der Waals surface area contributed by atoms with Crippen LogP contribution in [-0.2, 0) is 0 Å². The average Bonchev–Trinajstić information content (AvgIpc) is 2.97. The molecule has 0 aliphatic carbocycles. The fraction of sp³-hybridized carbons (Fsp3) is 0.250. The zero-order chi connectivity index (χ0) is 11.0. The minimum atomic E-state index is 0.314. The number of benzene rings is 1. The molecule has 0 aromatic heterocycles. The molecule has 3 rings (SSSR count). The Balaban J connectivity index is 2.06. The SMILES string of the molecule is CC[N+]1(c2ccc3c(c2)OCO3)C=CN=C1. The summed E-state index contributed by atoms with van der Waals surface area (Å²) in [6, 6.07) is 6.03. The first kappa shape index (κ1) is 9.42. The lowest BCUT2D eigenvalue weighted by Gasteiger charge is -2.25. The van der Waals surface area contributed by atoms with Gasteiger partial charge < -0.3 is 9.47 Å². The van der Waals surface area contributed by atoms with Crippen molar-refractivity contribution in [3.8, 4) is 11.5 Å². The third kappa shape index (κ3) is 1.23. The molecule has 0 saturated heterocycles. The molecule has 2 aliphatic heterocycles. The molecule has 4 heteroatoms. The average molecular weight is 217 g/mol.